The van der Waals surface area contributed by atoms with Crippen LogP contribution in [0.2, 0.25) is 0 Å². The number of likely N-dealkylation sites (N-methyl/N-ethyl adjacent to an activating group) is 1. The third kappa shape index (κ3) is 3.45. The fourth-order valence-electron chi connectivity index (χ4n) is 1.20. The Morgan fingerprint density at radius 1 is 1.87 bits per heavy atom. The lowest BCUT2D eigenvalue weighted by Crippen LogP contribution is -2.41. The number of nitrogens with zero attached hydrogens (tertiary/aromatic N) is 2. The molecule has 0 bridgehead atoms. The van der Waals surface area contributed by atoms with E-state index in [2.05, 4.69) is 11.6 Å². The van der Waals surface area contributed by atoms with Crippen LogP contribution in [0.3, 0.4) is 0 Å². The molecule has 1 atom stereocenters. The average molecular weight is 225 g/mol. The van der Waals surface area contributed by atoms with E-state index in [9.17, 15) is 4.79 Å². The first kappa shape index (κ1) is 11.9. The van der Waals surface area contributed by atoms with Crippen molar-refractivity contribution in [1.29, 1.82) is 0 Å². The van der Waals surface area contributed by atoms with Crippen molar-refractivity contribution < 1.29 is 4.79 Å². The summed E-state index contributed by atoms with van der Waals surface area (Å²) in [5.41, 5.74) is 8.32. The molecule has 0 aromatic carbocycles. The molecule has 0 saturated carbocycles. The van der Waals surface area contributed by atoms with Crippen LogP contribution < -0.4 is 5.73 Å². The van der Waals surface area contributed by atoms with Gasteiger partial charge in [0, 0.05) is 12.4 Å². The summed E-state index contributed by atoms with van der Waals surface area (Å²) >= 11 is 1.52. The van der Waals surface area contributed by atoms with E-state index in [4.69, 9.17) is 5.73 Å². The number of rotatable bonds is 5. The lowest BCUT2D eigenvalue weighted by molar-refractivity contribution is -0.131. The first-order chi connectivity index (χ1) is 7.15. The van der Waals surface area contributed by atoms with Gasteiger partial charge in [-0.1, -0.05) is 6.08 Å². The Balaban J connectivity index is 2.49. The maximum atomic E-state index is 11.7. The van der Waals surface area contributed by atoms with Crippen LogP contribution in [-0.2, 0) is 11.3 Å². The van der Waals surface area contributed by atoms with Crippen molar-refractivity contribution >= 4 is 17.2 Å². The Hall–Kier alpha value is -1.20. The van der Waals surface area contributed by atoms with Gasteiger partial charge in [0.2, 0.25) is 5.91 Å². The van der Waals surface area contributed by atoms with Crippen molar-refractivity contribution in [3.05, 3.63) is 29.2 Å². The zero-order valence-corrected chi connectivity index (χ0v) is 9.54. The fraction of sp³-hybridized carbons (Fsp3) is 0.400. The third-order valence-electron chi connectivity index (χ3n) is 2.00. The van der Waals surface area contributed by atoms with E-state index >= 15 is 0 Å². The molecule has 2 N–H and O–H groups in total. The first-order valence-electron chi connectivity index (χ1n) is 4.63. The number of amides is 1. The lowest BCUT2D eigenvalue weighted by atomic mass is 10.2. The van der Waals surface area contributed by atoms with Crippen LogP contribution in [-0.4, -0.2) is 28.9 Å². The Bertz CT molecular complexity index is 323. The molecular formula is C10H15N3OS. The molecule has 0 aliphatic heterocycles. The van der Waals surface area contributed by atoms with Gasteiger partial charge in [0.1, 0.15) is 0 Å². The monoisotopic (exact) mass is 225 g/mol. The molecule has 1 aromatic heterocycles. The molecule has 4 nitrogen and oxygen atoms in total. The predicted molar refractivity (Wildman–Crippen MR) is 61.4 cm³/mol. The smallest absolute Gasteiger partial charge is 0.239 e. The van der Waals surface area contributed by atoms with E-state index < -0.39 is 6.04 Å². The Labute approximate surface area is 93.4 Å². The van der Waals surface area contributed by atoms with Crippen LogP contribution in [0.15, 0.2) is 23.5 Å². The standard InChI is InChI=1S/C10H15N3OS/c1-3-4-9(11)10(14)13(2)5-8-6-15-7-12-8/h3,6-7,9H,1,4-5,11H2,2H3. The molecular weight excluding hydrogens is 210 g/mol. The molecule has 1 amide bonds. The van der Waals surface area contributed by atoms with Gasteiger partial charge in [-0.3, -0.25) is 4.79 Å². The molecule has 0 radical (unpaired) electrons. The number of hydrogen-bond acceptors (Lipinski definition) is 4. The molecule has 5 heteroatoms. The molecule has 15 heavy (non-hydrogen) atoms. The second-order valence-electron chi connectivity index (χ2n) is 3.30. The Morgan fingerprint density at radius 2 is 2.60 bits per heavy atom. The van der Waals surface area contributed by atoms with E-state index in [1.807, 2.05) is 5.38 Å². The maximum absolute atomic E-state index is 11.7. The number of aromatic nitrogens is 1. The van der Waals surface area contributed by atoms with E-state index in [0.29, 0.717) is 13.0 Å². The summed E-state index contributed by atoms with van der Waals surface area (Å²) in [4.78, 5) is 17.4. The van der Waals surface area contributed by atoms with Crippen molar-refractivity contribution in [2.24, 2.45) is 5.73 Å². The highest BCUT2D eigenvalue weighted by atomic mass is 32.1. The van der Waals surface area contributed by atoms with Crippen molar-refractivity contribution in [2.45, 2.75) is 19.0 Å². The van der Waals surface area contributed by atoms with Gasteiger partial charge in [0.05, 0.1) is 23.8 Å². The third-order valence-corrected chi connectivity index (χ3v) is 2.63. The molecule has 0 fully saturated rings. The van der Waals surface area contributed by atoms with Crippen molar-refractivity contribution in [3.8, 4) is 0 Å². The highest BCUT2D eigenvalue weighted by molar-refractivity contribution is 7.07. The topological polar surface area (TPSA) is 59.2 Å². The van der Waals surface area contributed by atoms with Crippen LogP contribution in [0.5, 0.6) is 0 Å². The van der Waals surface area contributed by atoms with Gasteiger partial charge in [-0.05, 0) is 6.42 Å². The Kier molecular flexibility index (Phi) is 4.45. The zero-order chi connectivity index (χ0) is 11.3. The predicted octanol–water partition coefficient (Wildman–Crippen LogP) is 1.00. The minimum absolute atomic E-state index is 0.0806. The molecule has 1 aromatic rings. The van der Waals surface area contributed by atoms with Crippen LogP contribution in [0.25, 0.3) is 0 Å². The number of carbonyl (C=O) groups is 1. The average Bonchev–Trinajstić information content (AvgIpc) is 2.69. The summed E-state index contributed by atoms with van der Waals surface area (Å²) in [7, 11) is 1.73. The van der Waals surface area contributed by atoms with Crippen LogP contribution in [0.1, 0.15) is 12.1 Å². The molecule has 1 rings (SSSR count). The van der Waals surface area contributed by atoms with Gasteiger partial charge in [0.25, 0.3) is 0 Å². The summed E-state index contributed by atoms with van der Waals surface area (Å²) < 4.78 is 0. The molecule has 1 heterocycles. The lowest BCUT2D eigenvalue weighted by Gasteiger charge is -2.19. The van der Waals surface area contributed by atoms with Crippen LogP contribution in [0, 0.1) is 0 Å². The second kappa shape index (κ2) is 5.63. The zero-order valence-electron chi connectivity index (χ0n) is 8.72. The summed E-state index contributed by atoms with van der Waals surface area (Å²) in [5, 5.41) is 1.92. The number of hydrogen-bond donors (Lipinski definition) is 1. The van der Waals surface area contributed by atoms with E-state index in [0.717, 1.165) is 5.69 Å². The maximum Gasteiger partial charge on any atom is 0.239 e. The first-order valence-corrected chi connectivity index (χ1v) is 5.58. The van der Waals surface area contributed by atoms with Crippen LogP contribution >= 0.6 is 11.3 Å². The van der Waals surface area contributed by atoms with Gasteiger partial charge in [-0.2, -0.15) is 0 Å². The number of thiazole rings is 1. The minimum atomic E-state index is -0.494. The summed E-state index contributed by atoms with van der Waals surface area (Å²) in [6.07, 6.45) is 2.15. The quantitative estimate of drug-likeness (QED) is 0.761. The SMILES string of the molecule is C=CCC(N)C(=O)N(C)Cc1cscn1. The van der Waals surface area contributed by atoms with Crippen molar-refractivity contribution in [3.63, 3.8) is 0 Å². The fourth-order valence-corrected chi connectivity index (χ4v) is 1.75. The summed E-state index contributed by atoms with van der Waals surface area (Å²) in [6.45, 7) is 4.06. The molecule has 0 spiro atoms. The number of carbonyl (C=O) groups excluding carboxylic acids is 1. The van der Waals surface area contributed by atoms with Crippen molar-refractivity contribution in [1.82, 2.24) is 9.88 Å². The Morgan fingerprint density at radius 3 is 3.13 bits per heavy atom. The van der Waals surface area contributed by atoms with Gasteiger partial charge in [0.15, 0.2) is 0 Å². The van der Waals surface area contributed by atoms with E-state index in [-0.39, 0.29) is 5.91 Å². The molecule has 1 unspecified atom stereocenters. The van der Waals surface area contributed by atoms with Crippen molar-refractivity contribution in [2.75, 3.05) is 7.05 Å². The summed E-state index contributed by atoms with van der Waals surface area (Å²) in [5.74, 6) is -0.0806. The number of nitrogens with two attached hydrogens (primary N) is 1. The van der Waals surface area contributed by atoms with Gasteiger partial charge in [-0.15, -0.1) is 17.9 Å². The second-order valence-corrected chi connectivity index (χ2v) is 4.02. The molecule has 82 valence electrons. The largest absolute Gasteiger partial charge is 0.338 e. The van der Waals surface area contributed by atoms with E-state index in [1.165, 1.54) is 11.3 Å². The normalized spacial score (nSPS) is 12.1. The van der Waals surface area contributed by atoms with Gasteiger partial charge >= 0.3 is 0 Å². The van der Waals surface area contributed by atoms with Crippen LogP contribution in [0.4, 0.5) is 0 Å². The van der Waals surface area contributed by atoms with Gasteiger partial charge < -0.3 is 10.6 Å². The minimum Gasteiger partial charge on any atom is -0.338 e. The molecule has 0 aliphatic rings. The highest BCUT2D eigenvalue weighted by Gasteiger charge is 2.16. The highest BCUT2D eigenvalue weighted by Crippen LogP contribution is 2.05. The molecule has 0 aliphatic carbocycles. The molecule has 0 saturated heterocycles. The summed E-state index contributed by atoms with van der Waals surface area (Å²) in [6, 6.07) is -0.494. The van der Waals surface area contributed by atoms with E-state index in [1.54, 1.807) is 23.5 Å². The van der Waals surface area contributed by atoms with Gasteiger partial charge in [-0.25, -0.2) is 4.98 Å².